The molecule has 0 aromatic heterocycles. The minimum absolute atomic E-state index is 0.0966. The van der Waals surface area contributed by atoms with Crippen LogP contribution in [0.5, 0.6) is 5.75 Å². The van der Waals surface area contributed by atoms with Crippen LogP contribution in [-0.4, -0.2) is 11.6 Å². The van der Waals surface area contributed by atoms with E-state index in [4.69, 9.17) is 34.3 Å². The zero-order chi connectivity index (χ0) is 14.1. The van der Waals surface area contributed by atoms with Crippen molar-refractivity contribution in [3.63, 3.8) is 0 Å². The van der Waals surface area contributed by atoms with Gasteiger partial charge in [0, 0.05) is 11.1 Å². The summed E-state index contributed by atoms with van der Waals surface area (Å²) in [5.41, 5.74) is 8.34. The Morgan fingerprint density at radius 3 is 2.85 bits per heavy atom. The van der Waals surface area contributed by atoms with Crippen LogP contribution in [0.2, 0.25) is 5.02 Å². The maximum absolute atomic E-state index is 6.26. The monoisotopic (exact) mass is 304 g/mol. The highest BCUT2D eigenvalue weighted by Crippen LogP contribution is 2.35. The molecule has 0 amide bonds. The van der Waals surface area contributed by atoms with Crippen LogP contribution in [-0.2, 0) is 0 Å². The van der Waals surface area contributed by atoms with Gasteiger partial charge in [-0.15, -0.1) is 0 Å². The van der Waals surface area contributed by atoms with Crippen molar-refractivity contribution in [2.24, 2.45) is 5.73 Å². The van der Waals surface area contributed by atoms with Crippen LogP contribution < -0.4 is 15.8 Å². The number of halogens is 1. The van der Waals surface area contributed by atoms with E-state index in [0.29, 0.717) is 16.6 Å². The molecule has 0 bridgehead atoms. The van der Waals surface area contributed by atoms with Gasteiger partial charge in [-0.1, -0.05) is 42.0 Å². The Morgan fingerprint density at radius 1 is 1.30 bits per heavy atom. The molecule has 1 aliphatic heterocycles. The summed E-state index contributed by atoms with van der Waals surface area (Å²) in [6.45, 7) is 0.590. The van der Waals surface area contributed by atoms with E-state index in [1.165, 1.54) is 0 Å². The number of nitrogens with two attached hydrogens (primary N) is 1. The first kappa shape index (κ1) is 13.2. The Hall–Kier alpha value is -1.78. The summed E-state index contributed by atoms with van der Waals surface area (Å²) in [4.78, 5) is 0.341. The number of hydrogen-bond acceptors (Lipinski definition) is 3. The van der Waals surface area contributed by atoms with E-state index in [1.807, 2.05) is 30.3 Å². The standard InChI is InChI=1S/C15H13ClN2OS/c16-11-7-9(15(17)20)5-6-12(11)18-13-8-19-14-4-2-1-3-10(13)14/h1-7,13,18H,8H2,(H2,17,20). The first-order valence-electron chi connectivity index (χ1n) is 6.23. The van der Waals surface area contributed by atoms with Crippen LogP contribution in [0.15, 0.2) is 42.5 Å². The van der Waals surface area contributed by atoms with Gasteiger partial charge in [-0.05, 0) is 24.3 Å². The summed E-state index contributed by atoms with van der Waals surface area (Å²) in [5.74, 6) is 0.917. The predicted molar refractivity (Wildman–Crippen MR) is 85.6 cm³/mol. The van der Waals surface area contributed by atoms with Crippen molar-refractivity contribution in [1.82, 2.24) is 0 Å². The maximum Gasteiger partial charge on any atom is 0.124 e. The number of fused-ring (bicyclic) bond motifs is 1. The van der Waals surface area contributed by atoms with Crippen molar-refractivity contribution >= 4 is 34.5 Å². The van der Waals surface area contributed by atoms with Gasteiger partial charge in [-0.3, -0.25) is 0 Å². The van der Waals surface area contributed by atoms with Gasteiger partial charge >= 0.3 is 0 Å². The average molecular weight is 305 g/mol. The fraction of sp³-hybridized carbons (Fsp3) is 0.133. The summed E-state index contributed by atoms with van der Waals surface area (Å²) >= 11 is 11.2. The predicted octanol–water partition coefficient (Wildman–Crippen LogP) is 3.52. The molecule has 0 spiro atoms. The molecule has 102 valence electrons. The number of para-hydroxylation sites is 1. The molecule has 1 atom stereocenters. The van der Waals surface area contributed by atoms with Crippen molar-refractivity contribution in [2.45, 2.75) is 6.04 Å². The number of anilines is 1. The molecule has 0 fully saturated rings. The highest BCUT2D eigenvalue weighted by atomic mass is 35.5. The molecule has 1 heterocycles. The highest BCUT2D eigenvalue weighted by Gasteiger charge is 2.23. The van der Waals surface area contributed by atoms with Gasteiger partial charge in [0.1, 0.15) is 17.3 Å². The lowest BCUT2D eigenvalue weighted by molar-refractivity contribution is 0.340. The number of benzene rings is 2. The van der Waals surface area contributed by atoms with Crippen molar-refractivity contribution < 1.29 is 4.74 Å². The maximum atomic E-state index is 6.26. The molecule has 0 saturated heterocycles. The van der Waals surface area contributed by atoms with Crippen LogP contribution in [0.4, 0.5) is 5.69 Å². The zero-order valence-corrected chi connectivity index (χ0v) is 12.2. The van der Waals surface area contributed by atoms with Crippen molar-refractivity contribution in [1.29, 1.82) is 0 Å². The van der Waals surface area contributed by atoms with Gasteiger partial charge in [0.2, 0.25) is 0 Å². The second kappa shape index (κ2) is 5.31. The van der Waals surface area contributed by atoms with Crippen molar-refractivity contribution in [2.75, 3.05) is 11.9 Å². The van der Waals surface area contributed by atoms with E-state index < -0.39 is 0 Å². The molecule has 1 unspecified atom stereocenters. The molecule has 3 nitrogen and oxygen atoms in total. The zero-order valence-electron chi connectivity index (χ0n) is 10.6. The smallest absolute Gasteiger partial charge is 0.124 e. The molecule has 5 heteroatoms. The Morgan fingerprint density at radius 2 is 2.10 bits per heavy atom. The molecule has 20 heavy (non-hydrogen) atoms. The summed E-state index contributed by atoms with van der Waals surface area (Å²) in [7, 11) is 0. The van der Waals surface area contributed by atoms with Gasteiger partial charge in [0.15, 0.2) is 0 Å². The molecule has 0 radical (unpaired) electrons. The topological polar surface area (TPSA) is 47.3 Å². The largest absolute Gasteiger partial charge is 0.491 e. The quantitative estimate of drug-likeness (QED) is 0.852. The molecule has 3 N–H and O–H groups in total. The second-order valence-corrected chi connectivity index (χ2v) is 5.45. The number of hydrogen-bond donors (Lipinski definition) is 2. The van der Waals surface area contributed by atoms with Crippen molar-refractivity contribution in [3.05, 3.63) is 58.6 Å². The third-order valence-corrected chi connectivity index (χ3v) is 3.83. The SMILES string of the molecule is NC(=S)c1ccc(NC2COc3ccccc32)c(Cl)c1. The van der Waals surface area contributed by atoms with E-state index in [0.717, 1.165) is 22.6 Å². The Labute approximate surface area is 127 Å². The van der Waals surface area contributed by atoms with E-state index in [9.17, 15) is 0 Å². The van der Waals surface area contributed by atoms with Gasteiger partial charge in [0.25, 0.3) is 0 Å². The number of nitrogens with one attached hydrogen (secondary N) is 1. The molecular formula is C15H13ClN2OS. The van der Waals surface area contributed by atoms with E-state index in [1.54, 1.807) is 6.07 Å². The highest BCUT2D eigenvalue weighted by molar-refractivity contribution is 7.80. The average Bonchev–Trinajstić information content (AvgIpc) is 2.84. The molecule has 0 aliphatic carbocycles. The van der Waals surface area contributed by atoms with Gasteiger partial charge in [-0.2, -0.15) is 0 Å². The fourth-order valence-corrected chi connectivity index (χ4v) is 2.62. The number of thiocarbonyl (C=S) groups is 1. The molecule has 3 rings (SSSR count). The summed E-state index contributed by atoms with van der Waals surface area (Å²) in [5, 5.41) is 3.99. The molecule has 2 aromatic carbocycles. The second-order valence-electron chi connectivity index (χ2n) is 4.60. The summed E-state index contributed by atoms with van der Waals surface area (Å²) in [6, 6.07) is 13.6. The Balaban J connectivity index is 1.84. The summed E-state index contributed by atoms with van der Waals surface area (Å²) in [6.07, 6.45) is 0. The van der Waals surface area contributed by atoms with Crippen molar-refractivity contribution in [3.8, 4) is 5.75 Å². The van der Waals surface area contributed by atoms with Crippen LogP contribution in [0.1, 0.15) is 17.2 Å². The molecule has 2 aromatic rings. The number of ether oxygens (including phenoxy) is 1. The van der Waals surface area contributed by atoms with E-state index in [-0.39, 0.29) is 6.04 Å². The van der Waals surface area contributed by atoms with E-state index >= 15 is 0 Å². The lowest BCUT2D eigenvalue weighted by atomic mass is 10.1. The van der Waals surface area contributed by atoms with Gasteiger partial charge < -0.3 is 15.8 Å². The Bertz CT molecular complexity index is 675. The van der Waals surface area contributed by atoms with Crippen LogP contribution >= 0.6 is 23.8 Å². The molecule has 0 saturated carbocycles. The van der Waals surface area contributed by atoms with Crippen LogP contribution in [0, 0.1) is 0 Å². The third kappa shape index (κ3) is 2.44. The lowest BCUT2D eigenvalue weighted by Crippen LogP contribution is -2.13. The normalized spacial score (nSPS) is 16.4. The fourth-order valence-electron chi connectivity index (χ4n) is 2.26. The van der Waals surface area contributed by atoms with Crippen LogP contribution in [0.3, 0.4) is 0 Å². The first-order chi connectivity index (χ1) is 9.65. The minimum Gasteiger partial charge on any atom is -0.491 e. The minimum atomic E-state index is 0.0966. The van der Waals surface area contributed by atoms with Gasteiger partial charge in [-0.25, -0.2) is 0 Å². The third-order valence-electron chi connectivity index (χ3n) is 3.28. The van der Waals surface area contributed by atoms with E-state index in [2.05, 4.69) is 11.4 Å². The van der Waals surface area contributed by atoms with Gasteiger partial charge in [0.05, 0.1) is 16.8 Å². The number of rotatable bonds is 3. The Kier molecular flexibility index (Phi) is 3.51. The summed E-state index contributed by atoms with van der Waals surface area (Å²) < 4.78 is 5.64. The molecular weight excluding hydrogens is 292 g/mol. The lowest BCUT2D eigenvalue weighted by Gasteiger charge is -2.15. The first-order valence-corrected chi connectivity index (χ1v) is 7.01. The molecule has 1 aliphatic rings. The van der Waals surface area contributed by atoms with Crippen LogP contribution in [0.25, 0.3) is 0 Å².